The number of thiazole rings is 1. The normalized spacial score (nSPS) is 10.8. The summed E-state index contributed by atoms with van der Waals surface area (Å²) in [6.07, 6.45) is 0. The Morgan fingerprint density at radius 1 is 1.23 bits per heavy atom. The second-order valence-corrected chi connectivity index (χ2v) is 7.51. The van der Waals surface area contributed by atoms with Gasteiger partial charge in [0.05, 0.1) is 5.69 Å². The van der Waals surface area contributed by atoms with Gasteiger partial charge in [-0.15, -0.1) is 16.4 Å². The Balaban J connectivity index is 1.45. The zero-order valence-electron chi connectivity index (χ0n) is 16.2. The van der Waals surface area contributed by atoms with Crippen molar-refractivity contribution < 1.29 is 13.9 Å². The molecule has 2 aromatic heterocycles. The number of carbonyl (C=O) groups is 1. The first-order valence-electron chi connectivity index (χ1n) is 8.98. The van der Waals surface area contributed by atoms with Crippen LogP contribution in [0.2, 0.25) is 0 Å². The monoisotopic (exact) mass is 424 g/mol. The summed E-state index contributed by atoms with van der Waals surface area (Å²) < 4.78 is 20.1. The number of aryl methyl sites for hydroxylation is 2. The predicted molar refractivity (Wildman–Crippen MR) is 110 cm³/mol. The van der Waals surface area contributed by atoms with Gasteiger partial charge in [-0.1, -0.05) is 12.1 Å². The lowest BCUT2D eigenvalue weighted by Crippen LogP contribution is -2.11. The summed E-state index contributed by atoms with van der Waals surface area (Å²) in [5, 5.41) is 15.0. The summed E-state index contributed by atoms with van der Waals surface area (Å²) in [6, 6.07) is 13.0. The van der Waals surface area contributed by atoms with Gasteiger partial charge in [-0.25, -0.2) is 14.1 Å². The molecule has 0 radical (unpaired) electrons. The third-order valence-corrected chi connectivity index (χ3v) is 5.35. The van der Waals surface area contributed by atoms with E-state index in [-0.39, 0.29) is 18.3 Å². The van der Waals surface area contributed by atoms with Crippen LogP contribution in [0.25, 0.3) is 11.4 Å². The van der Waals surface area contributed by atoms with Crippen molar-refractivity contribution in [2.24, 2.45) is 7.05 Å². The Kier molecular flexibility index (Phi) is 5.48. The Morgan fingerprint density at radius 2 is 2.03 bits per heavy atom. The number of rotatable bonds is 6. The number of hydrogen-bond donors (Lipinski definition) is 1. The molecular weight excluding hydrogens is 407 g/mol. The molecule has 4 rings (SSSR count). The molecule has 2 aromatic carbocycles. The van der Waals surface area contributed by atoms with Crippen molar-refractivity contribution in [1.29, 1.82) is 0 Å². The SMILES string of the molecule is Cc1nc(COc2ccc(F)cc2)sc1C(=O)Nc1cccc(-c2nnnn2C)c1. The Labute approximate surface area is 175 Å². The summed E-state index contributed by atoms with van der Waals surface area (Å²) in [4.78, 5) is 17.7. The fourth-order valence-electron chi connectivity index (χ4n) is 2.80. The molecule has 0 aliphatic rings. The highest BCUT2D eigenvalue weighted by molar-refractivity contribution is 7.13. The summed E-state index contributed by atoms with van der Waals surface area (Å²) >= 11 is 1.25. The number of anilines is 1. The maximum Gasteiger partial charge on any atom is 0.267 e. The van der Waals surface area contributed by atoms with Crippen molar-refractivity contribution in [3.63, 3.8) is 0 Å². The average molecular weight is 424 g/mol. The van der Waals surface area contributed by atoms with Crippen molar-refractivity contribution in [1.82, 2.24) is 25.2 Å². The van der Waals surface area contributed by atoms with E-state index in [1.54, 1.807) is 42.9 Å². The van der Waals surface area contributed by atoms with Crippen LogP contribution in [0.5, 0.6) is 5.75 Å². The van der Waals surface area contributed by atoms with E-state index in [2.05, 4.69) is 25.8 Å². The number of benzene rings is 2. The second kappa shape index (κ2) is 8.37. The minimum absolute atomic E-state index is 0.194. The molecule has 0 atom stereocenters. The van der Waals surface area contributed by atoms with Crippen molar-refractivity contribution in [3.8, 4) is 17.1 Å². The van der Waals surface area contributed by atoms with Crippen LogP contribution in [0.4, 0.5) is 10.1 Å². The smallest absolute Gasteiger partial charge is 0.267 e. The molecule has 0 unspecified atom stereocenters. The molecule has 2 heterocycles. The van der Waals surface area contributed by atoms with Gasteiger partial charge in [0.2, 0.25) is 0 Å². The third-order valence-electron chi connectivity index (χ3n) is 4.22. The van der Waals surface area contributed by atoms with Crippen LogP contribution in [0.15, 0.2) is 48.5 Å². The topological polar surface area (TPSA) is 94.8 Å². The molecule has 0 saturated carbocycles. The van der Waals surface area contributed by atoms with E-state index in [1.165, 1.54) is 23.5 Å². The molecule has 1 amide bonds. The molecular formula is C20H17FN6O2S. The number of hydrogen-bond acceptors (Lipinski definition) is 7. The van der Waals surface area contributed by atoms with Gasteiger partial charge >= 0.3 is 0 Å². The van der Waals surface area contributed by atoms with E-state index in [0.29, 0.717) is 32.8 Å². The first kappa shape index (κ1) is 19.6. The van der Waals surface area contributed by atoms with Crippen LogP contribution in [0, 0.1) is 12.7 Å². The minimum Gasteiger partial charge on any atom is -0.486 e. The van der Waals surface area contributed by atoms with E-state index in [1.807, 2.05) is 12.1 Å². The zero-order chi connectivity index (χ0) is 21.1. The van der Waals surface area contributed by atoms with Crippen LogP contribution in [-0.4, -0.2) is 31.1 Å². The predicted octanol–water partition coefficient (Wildman–Crippen LogP) is 3.61. The zero-order valence-corrected chi connectivity index (χ0v) is 17.0. The quantitative estimate of drug-likeness (QED) is 0.508. The molecule has 0 spiro atoms. The lowest BCUT2D eigenvalue weighted by Gasteiger charge is -2.06. The van der Waals surface area contributed by atoms with Gasteiger partial charge < -0.3 is 10.1 Å². The van der Waals surface area contributed by atoms with Gasteiger partial charge in [0.25, 0.3) is 5.91 Å². The fourth-order valence-corrected chi connectivity index (χ4v) is 3.67. The van der Waals surface area contributed by atoms with E-state index in [9.17, 15) is 9.18 Å². The average Bonchev–Trinajstić information content (AvgIpc) is 3.33. The van der Waals surface area contributed by atoms with Crippen LogP contribution < -0.4 is 10.1 Å². The molecule has 0 fully saturated rings. The lowest BCUT2D eigenvalue weighted by molar-refractivity contribution is 0.103. The first-order chi connectivity index (χ1) is 14.5. The van der Waals surface area contributed by atoms with Gasteiger partial charge in [0, 0.05) is 18.3 Å². The van der Waals surface area contributed by atoms with E-state index < -0.39 is 0 Å². The molecule has 0 bridgehead atoms. The highest BCUT2D eigenvalue weighted by Gasteiger charge is 2.16. The Hall–Kier alpha value is -3.66. The molecule has 0 saturated heterocycles. The Morgan fingerprint density at radius 3 is 2.77 bits per heavy atom. The second-order valence-electron chi connectivity index (χ2n) is 6.43. The minimum atomic E-state index is -0.328. The Bertz CT molecular complexity index is 1190. The summed E-state index contributed by atoms with van der Waals surface area (Å²) in [6.45, 7) is 1.97. The number of nitrogens with one attached hydrogen (secondary N) is 1. The van der Waals surface area contributed by atoms with Gasteiger partial charge in [-0.2, -0.15) is 0 Å². The van der Waals surface area contributed by atoms with Crippen LogP contribution >= 0.6 is 11.3 Å². The van der Waals surface area contributed by atoms with Crippen molar-refractivity contribution in [2.45, 2.75) is 13.5 Å². The van der Waals surface area contributed by atoms with E-state index in [4.69, 9.17) is 4.74 Å². The maximum atomic E-state index is 13.0. The van der Waals surface area contributed by atoms with Crippen molar-refractivity contribution in [3.05, 3.63) is 69.9 Å². The molecule has 0 aliphatic heterocycles. The standard InChI is InChI=1S/C20H17FN6O2S/c1-12-18(30-17(22-12)11-29-16-8-6-14(21)7-9-16)20(28)23-15-5-3-4-13(10-15)19-24-25-26-27(19)2/h3-10H,11H2,1-2H3,(H,23,28). The van der Waals surface area contributed by atoms with E-state index in [0.717, 1.165) is 5.56 Å². The largest absolute Gasteiger partial charge is 0.486 e. The molecule has 30 heavy (non-hydrogen) atoms. The highest BCUT2D eigenvalue weighted by atomic mass is 32.1. The number of ether oxygens (including phenoxy) is 1. The first-order valence-corrected chi connectivity index (χ1v) is 9.80. The lowest BCUT2D eigenvalue weighted by atomic mass is 10.2. The van der Waals surface area contributed by atoms with Gasteiger partial charge in [-0.05, 0) is 53.7 Å². The van der Waals surface area contributed by atoms with E-state index >= 15 is 0 Å². The number of tetrazole rings is 1. The summed E-state index contributed by atoms with van der Waals surface area (Å²) in [7, 11) is 1.75. The highest BCUT2D eigenvalue weighted by Crippen LogP contribution is 2.24. The number of nitrogens with zero attached hydrogens (tertiary/aromatic N) is 5. The molecule has 0 aliphatic carbocycles. The fraction of sp³-hybridized carbons (Fsp3) is 0.150. The van der Waals surface area contributed by atoms with Crippen LogP contribution in [0.1, 0.15) is 20.4 Å². The molecule has 152 valence electrons. The van der Waals surface area contributed by atoms with Crippen molar-refractivity contribution >= 4 is 22.9 Å². The summed E-state index contributed by atoms with van der Waals surface area (Å²) in [5.74, 6) is 0.544. The molecule has 4 aromatic rings. The van der Waals surface area contributed by atoms with Gasteiger partial charge in [0.15, 0.2) is 5.82 Å². The summed E-state index contributed by atoms with van der Waals surface area (Å²) in [5.41, 5.74) is 2.02. The van der Waals surface area contributed by atoms with Gasteiger partial charge in [-0.3, -0.25) is 4.79 Å². The number of amides is 1. The molecule has 8 nitrogen and oxygen atoms in total. The number of aromatic nitrogens is 5. The number of carbonyl (C=O) groups excluding carboxylic acids is 1. The van der Waals surface area contributed by atoms with Crippen LogP contribution in [0.3, 0.4) is 0 Å². The molecule has 1 N–H and O–H groups in total. The van der Waals surface area contributed by atoms with Crippen LogP contribution in [-0.2, 0) is 13.7 Å². The third kappa shape index (κ3) is 4.33. The van der Waals surface area contributed by atoms with Gasteiger partial charge in [0.1, 0.15) is 28.1 Å². The maximum absolute atomic E-state index is 13.0. The molecule has 10 heteroatoms. The van der Waals surface area contributed by atoms with Crippen molar-refractivity contribution in [2.75, 3.05) is 5.32 Å². The number of halogens is 1.